The molecule has 0 atom stereocenters. The van der Waals surface area contributed by atoms with Crippen LogP contribution in [0.2, 0.25) is 5.02 Å². The third-order valence-corrected chi connectivity index (χ3v) is 6.88. The van der Waals surface area contributed by atoms with E-state index in [1.807, 2.05) is 59.5 Å². The highest BCUT2D eigenvalue weighted by Crippen LogP contribution is 2.39. The number of H-pyrrole nitrogens is 1. The predicted molar refractivity (Wildman–Crippen MR) is 140 cm³/mol. The first-order chi connectivity index (χ1) is 17.1. The van der Waals surface area contributed by atoms with Gasteiger partial charge in [0.1, 0.15) is 5.69 Å². The topological polar surface area (TPSA) is 65.2 Å². The number of hydrogen-bond donors (Lipinski definition) is 2. The monoisotopic (exact) mass is 485 g/mol. The van der Waals surface area contributed by atoms with E-state index in [9.17, 15) is 9.59 Å². The molecule has 35 heavy (non-hydrogen) atoms. The number of carbonyl (C=O) groups is 2. The van der Waals surface area contributed by atoms with Crippen molar-refractivity contribution < 1.29 is 9.59 Å². The first kappa shape index (κ1) is 23.2. The molecule has 0 saturated carbocycles. The van der Waals surface area contributed by atoms with Gasteiger partial charge in [0.05, 0.1) is 0 Å². The molecule has 0 bridgehead atoms. The average molecular weight is 486 g/mol. The summed E-state index contributed by atoms with van der Waals surface area (Å²) >= 11 is 6.41. The molecule has 2 N–H and O–H groups in total. The molecule has 1 fully saturated rings. The predicted octanol–water partition coefficient (Wildman–Crippen LogP) is 5.74. The number of nitrogens with one attached hydrogen (secondary N) is 2. The second-order valence-electron chi connectivity index (χ2n) is 8.95. The van der Waals surface area contributed by atoms with Crippen LogP contribution in [0.3, 0.4) is 0 Å². The Morgan fingerprint density at radius 3 is 2.31 bits per heavy atom. The Hall–Kier alpha value is -3.57. The van der Waals surface area contributed by atoms with Crippen molar-refractivity contribution in [2.75, 3.05) is 19.6 Å². The number of likely N-dealkylation sites (tertiary alicyclic amines) is 1. The van der Waals surface area contributed by atoms with Crippen LogP contribution in [0.4, 0.5) is 0 Å². The zero-order chi connectivity index (χ0) is 24.2. The van der Waals surface area contributed by atoms with Gasteiger partial charge >= 0.3 is 0 Å². The fourth-order valence-electron chi connectivity index (χ4n) is 4.98. The third-order valence-electron chi connectivity index (χ3n) is 6.64. The highest BCUT2D eigenvalue weighted by molar-refractivity contribution is 6.31. The number of hydrogen-bond acceptors (Lipinski definition) is 2. The molecule has 1 aliphatic heterocycles. The number of aromatic amines is 1. The summed E-state index contributed by atoms with van der Waals surface area (Å²) in [4.78, 5) is 30.6. The van der Waals surface area contributed by atoms with E-state index in [1.165, 1.54) is 0 Å². The standard InChI is InChI=1S/C29H28ClN3O2/c30-22-14-15-24-23(19-22)27(26(20-9-3-1-4-10-20)21-11-5-2-6-12-21)28(32-24)29(35)31-16-8-18-33-17-7-13-25(33)34/h1-6,9-12,14-15,19,26,32H,7-8,13,16-18H2,(H,31,35). The summed E-state index contributed by atoms with van der Waals surface area (Å²) in [5, 5.41) is 4.63. The van der Waals surface area contributed by atoms with Crippen LogP contribution >= 0.6 is 11.6 Å². The molecule has 178 valence electrons. The summed E-state index contributed by atoms with van der Waals surface area (Å²) in [6.45, 7) is 1.99. The molecule has 4 aromatic rings. The molecule has 0 aliphatic carbocycles. The van der Waals surface area contributed by atoms with Crippen LogP contribution in [0, 0.1) is 0 Å². The van der Waals surface area contributed by atoms with Crippen LogP contribution < -0.4 is 5.32 Å². The molecular formula is C29H28ClN3O2. The van der Waals surface area contributed by atoms with Gasteiger partial charge in [-0.25, -0.2) is 0 Å². The van der Waals surface area contributed by atoms with E-state index in [1.54, 1.807) is 0 Å². The lowest BCUT2D eigenvalue weighted by Crippen LogP contribution is -2.31. The van der Waals surface area contributed by atoms with Crippen molar-refractivity contribution >= 4 is 34.3 Å². The largest absolute Gasteiger partial charge is 0.351 e. The number of nitrogens with zero attached hydrogens (tertiary/aromatic N) is 1. The minimum atomic E-state index is -0.156. The van der Waals surface area contributed by atoms with Crippen LogP contribution in [0.1, 0.15) is 52.4 Å². The quantitative estimate of drug-likeness (QED) is 0.312. The highest BCUT2D eigenvalue weighted by Gasteiger charge is 2.27. The summed E-state index contributed by atoms with van der Waals surface area (Å²) in [5.41, 5.74) is 4.51. The Morgan fingerprint density at radius 1 is 1.00 bits per heavy atom. The number of aromatic nitrogens is 1. The minimum absolute atomic E-state index is 0.146. The van der Waals surface area contributed by atoms with Crippen molar-refractivity contribution in [2.24, 2.45) is 0 Å². The maximum Gasteiger partial charge on any atom is 0.268 e. The highest BCUT2D eigenvalue weighted by atomic mass is 35.5. The smallest absolute Gasteiger partial charge is 0.268 e. The Bertz CT molecular complexity index is 1290. The van der Waals surface area contributed by atoms with Crippen molar-refractivity contribution in [3.05, 3.63) is 106 Å². The number of amides is 2. The molecule has 1 aromatic heterocycles. The molecule has 6 heteroatoms. The fourth-order valence-corrected chi connectivity index (χ4v) is 5.15. The summed E-state index contributed by atoms with van der Waals surface area (Å²) < 4.78 is 0. The average Bonchev–Trinajstić information content (AvgIpc) is 3.46. The number of fused-ring (bicyclic) bond motifs is 1. The van der Waals surface area contributed by atoms with Gasteiger partial charge < -0.3 is 15.2 Å². The van der Waals surface area contributed by atoms with E-state index < -0.39 is 0 Å². The second kappa shape index (κ2) is 10.4. The van der Waals surface area contributed by atoms with Crippen LogP contribution in [-0.4, -0.2) is 41.3 Å². The van der Waals surface area contributed by atoms with E-state index in [0.717, 1.165) is 47.0 Å². The van der Waals surface area contributed by atoms with Gasteiger partial charge in [-0.2, -0.15) is 0 Å². The van der Waals surface area contributed by atoms with Gasteiger partial charge in [-0.3, -0.25) is 9.59 Å². The Kier molecular flexibility index (Phi) is 6.87. The lowest BCUT2D eigenvalue weighted by Gasteiger charge is -2.20. The Morgan fingerprint density at radius 2 is 1.69 bits per heavy atom. The third kappa shape index (κ3) is 4.96. The fraction of sp³-hybridized carbons (Fsp3) is 0.241. The number of halogens is 1. The van der Waals surface area contributed by atoms with E-state index in [4.69, 9.17) is 11.6 Å². The summed E-state index contributed by atoms with van der Waals surface area (Å²) in [5.74, 6) is -0.0933. The molecule has 0 spiro atoms. The molecule has 1 aliphatic rings. The van der Waals surface area contributed by atoms with E-state index >= 15 is 0 Å². The van der Waals surface area contributed by atoms with Gasteiger partial charge in [0.25, 0.3) is 5.91 Å². The molecule has 5 rings (SSSR count). The first-order valence-electron chi connectivity index (χ1n) is 12.1. The molecule has 5 nitrogen and oxygen atoms in total. The maximum absolute atomic E-state index is 13.5. The van der Waals surface area contributed by atoms with Crippen LogP contribution in [0.25, 0.3) is 10.9 Å². The van der Waals surface area contributed by atoms with Gasteiger partial charge in [-0.1, -0.05) is 72.3 Å². The second-order valence-corrected chi connectivity index (χ2v) is 9.39. The lowest BCUT2D eigenvalue weighted by molar-refractivity contribution is -0.127. The Balaban J connectivity index is 1.50. The van der Waals surface area contributed by atoms with Crippen LogP contribution in [0.15, 0.2) is 78.9 Å². The van der Waals surface area contributed by atoms with Crippen molar-refractivity contribution in [1.29, 1.82) is 0 Å². The minimum Gasteiger partial charge on any atom is -0.351 e. The molecule has 2 heterocycles. The van der Waals surface area contributed by atoms with Crippen molar-refractivity contribution in [1.82, 2.24) is 15.2 Å². The number of carbonyl (C=O) groups excluding carboxylic acids is 2. The summed E-state index contributed by atoms with van der Waals surface area (Å²) in [6.07, 6.45) is 2.28. The molecule has 2 amide bonds. The zero-order valence-corrected chi connectivity index (χ0v) is 20.2. The van der Waals surface area contributed by atoms with E-state index in [2.05, 4.69) is 34.6 Å². The van der Waals surface area contributed by atoms with Gasteiger partial charge in [0.15, 0.2) is 0 Å². The van der Waals surface area contributed by atoms with Crippen molar-refractivity contribution in [3.63, 3.8) is 0 Å². The van der Waals surface area contributed by atoms with Crippen LogP contribution in [-0.2, 0) is 4.79 Å². The summed E-state index contributed by atoms with van der Waals surface area (Å²) in [6, 6.07) is 26.1. The normalized spacial score (nSPS) is 13.7. The molecular weight excluding hydrogens is 458 g/mol. The van der Waals surface area contributed by atoms with Gasteiger partial charge in [-0.15, -0.1) is 0 Å². The molecule has 1 saturated heterocycles. The maximum atomic E-state index is 13.5. The molecule has 3 aromatic carbocycles. The number of benzene rings is 3. The van der Waals surface area contributed by atoms with Crippen molar-refractivity contribution in [2.45, 2.75) is 25.2 Å². The Labute approximate surface area is 210 Å². The first-order valence-corrected chi connectivity index (χ1v) is 12.5. The van der Waals surface area contributed by atoms with Gasteiger partial charge in [0, 0.05) is 53.5 Å². The zero-order valence-electron chi connectivity index (χ0n) is 19.5. The van der Waals surface area contributed by atoms with Gasteiger partial charge in [-0.05, 0) is 42.2 Å². The lowest BCUT2D eigenvalue weighted by atomic mass is 9.83. The van der Waals surface area contributed by atoms with E-state index in [-0.39, 0.29) is 17.7 Å². The SMILES string of the molecule is O=C(NCCCN1CCCC1=O)c1[nH]c2ccc(Cl)cc2c1C(c1ccccc1)c1ccccc1. The molecule has 0 unspecified atom stereocenters. The van der Waals surface area contributed by atoms with Crippen molar-refractivity contribution in [3.8, 4) is 0 Å². The number of rotatable bonds is 8. The summed E-state index contributed by atoms with van der Waals surface area (Å²) in [7, 11) is 0. The van der Waals surface area contributed by atoms with Gasteiger partial charge in [0.2, 0.25) is 5.91 Å². The van der Waals surface area contributed by atoms with Crippen LogP contribution in [0.5, 0.6) is 0 Å². The molecule has 0 radical (unpaired) electrons. The van der Waals surface area contributed by atoms with E-state index in [0.29, 0.717) is 30.2 Å².